The second kappa shape index (κ2) is 6.20. The summed E-state index contributed by atoms with van der Waals surface area (Å²) in [5.74, 6) is 0. The highest BCUT2D eigenvalue weighted by atomic mass is 15.6. The van der Waals surface area contributed by atoms with Gasteiger partial charge in [-0.05, 0) is 19.3 Å². The molecule has 0 spiro atoms. The molecule has 0 aliphatic carbocycles. The molecule has 1 fully saturated rings. The molecule has 1 rings (SSSR count). The number of nitrogens with zero attached hydrogens (tertiary/aromatic N) is 2. The number of unbranched alkanes of at least 4 members (excludes halogenated alkanes) is 1. The fourth-order valence-corrected chi connectivity index (χ4v) is 1.90. The van der Waals surface area contributed by atoms with Crippen LogP contribution in [-0.2, 0) is 0 Å². The van der Waals surface area contributed by atoms with Gasteiger partial charge in [0.2, 0.25) is 0 Å². The average Bonchev–Trinajstić information content (AvgIpc) is 2.59. The predicted octanol–water partition coefficient (Wildman–Crippen LogP) is 2.68. The molecular formula is C12H24N2. The van der Waals surface area contributed by atoms with Crippen molar-refractivity contribution in [2.24, 2.45) is 0 Å². The predicted molar refractivity (Wildman–Crippen MR) is 62.1 cm³/mol. The van der Waals surface area contributed by atoms with E-state index in [1.807, 2.05) is 0 Å². The molecule has 0 atom stereocenters. The van der Waals surface area contributed by atoms with Crippen molar-refractivity contribution in [3.8, 4) is 0 Å². The van der Waals surface area contributed by atoms with Gasteiger partial charge in [-0.15, -0.1) is 0 Å². The molecule has 14 heavy (non-hydrogen) atoms. The highest BCUT2D eigenvalue weighted by molar-refractivity contribution is 5.03. The number of hydrazine groups is 1. The number of allylic oxidation sites excluding steroid dienone is 1. The van der Waals surface area contributed by atoms with Crippen LogP contribution >= 0.6 is 0 Å². The van der Waals surface area contributed by atoms with Crippen molar-refractivity contribution >= 4 is 0 Å². The quantitative estimate of drug-likeness (QED) is 0.624. The number of rotatable bonds is 5. The van der Waals surface area contributed by atoms with Gasteiger partial charge in [-0.2, -0.15) is 0 Å². The molecule has 0 unspecified atom stereocenters. The summed E-state index contributed by atoms with van der Waals surface area (Å²) in [6.45, 7) is 8.11. The van der Waals surface area contributed by atoms with Crippen LogP contribution in [0.15, 0.2) is 11.6 Å². The van der Waals surface area contributed by atoms with Crippen LogP contribution < -0.4 is 0 Å². The van der Waals surface area contributed by atoms with Crippen molar-refractivity contribution in [1.82, 2.24) is 10.0 Å². The van der Waals surface area contributed by atoms with E-state index in [1.54, 1.807) is 5.57 Å². The molecule has 0 amide bonds. The number of hydrogen-bond donors (Lipinski definition) is 0. The smallest absolute Gasteiger partial charge is 0.0343 e. The molecule has 0 N–H and O–H groups in total. The van der Waals surface area contributed by atoms with Gasteiger partial charge in [-0.1, -0.05) is 31.9 Å². The maximum Gasteiger partial charge on any atom is 0.0343 e. The molecule has 1 aliphatic rings. The Labute approximate surface area is 88.5 Å². The van der Waals surface area contributed by atoms with Gasteiger partial charge in [0.1, 0.15) is 0 Å². The van der Waals surface area contributed by atoms with Crippen molar-refractivity contribution in [2.75, 3.05) is 26.7 Å². The summed E-state index contributed by atoms with van der Waals surface area (Å²) in [5, 5.41) is 4.82. The largest absolute Gasteiger partial charge is 0.245 e. The topological polar surface area (TPSA) is 6.48 Å². The lowest BCUT2D eigenvalue weighted by atomic mass is 10.1. The third-order valence-corrected chi connectivity index (χ3v) is 2.94. The first-order chi connectivity index (χ1) is 6.77. The summed E-state index contributed by atoms with van der Waals surface area (Å²) in [5.41, 5.74) is 1.60. The van der Waals surface area contributed by atoms with Crippen LogP contribution in [0.2, 0.25) is 0 Å². The van der Waals surface area contributed by atoms with Gasteiger partial charge in [-0.25, -0.2) is 10.0 Å². The number of hydrogen-bond acceptors (Lipinski definition) is 2. The molecule has 1 heterocycles. The first-order valence-corrected chi connectivity index (χ1v) is 5.91. The Hall–Kier alpha value is -0.340. The van der Waals surface area contributed by atoms with Crippen LogP contribution in [0.4, 0.5) is 0 Å². The zero-order valence-electron chi connectivity index (χ0n) is 9.92. The first-order valence-electron chi connectivity index (χ1n) is 5.91. The SMILES string of the molecule is CCC/C=C(\CC)CN1CCCN1C. The standard InChI is InChI=1S/C12H24N2/c1-4-6-8-12(5-2)11-14-10-7-9-13(14)3/h8H,4-7,9-11H2,1-3H3/b12-8+. The van der Waals surface area contributed by atoms with Crippen molar-refractivity contribution < 1.29 is 0 Å². The molecule has 1 saturated heterocycles. The Morgan fingerprint density at radius 3 is 2.57 bits per heavy atom. The molecule has 0 aromatic carbocycles. The van der Waals surface area contributed by atoms with E-state index < -0.39 is 0 Å². The minimum atomic E-state index is 1.15. The molecule has 1 aliphatic heterocycles. The molecule has 0 bridgehead atoms. The van der Waals surface area contributed by atoms with Gasteiger partial charge >= 0.3 is 0 Å². The highest BCUT2D eigenvalue weighted by Crippen LogP contribution is 2.13. The van der Waals surface area contributed by atoms with E-state index in [0.717, 1.165) is 6.54 Å². The third-order valence-electron chi connectivity index (χ3n) is 2.94. The molecule has 82 valence electrons. The Kier molecular flexibility index (Phi) is 5.20. The summed E-state index contributed by atoms with van der Waals surface area (Å²) in [7, 11) is 2.19. The van der Waals surface area contributed by atoms with Crippen LogP contribution in [-0.4, -0.2) is 36.7 Å². The van der Waals surface area contributed by atoms with Gasteiger partial charge in [0.05, 0.1) is 0 Å². The van der Waals surface area contributed by atoms with Crippen molar-refractivity contribution in [1.29, 1.82) is 0 Å². The molecule has 0 saturated carbocycles. The molecule has 0 aromatic heterocycles. The lowest BCUT2D eigenvalue weighted by Crippen LogP contribution is -2.34. The Balaban J connectivity index is 2.39. The van der Waals surface area contributed by atoms with Crippen LogP contribution in [0.5, 0.6) is 0 Å². The summed E-state index contributed by atoms with van der Waals surface area (Å²) >= 11 is 0. The Morgan fingerprint density at radius 2 is 2.07 bits per heavy atom. The normalized spacial score (nSPS) is 20.6. The van der Waals surface area contributed by atoms with E-state index in [9.17, 15) is 0 Å². The van der Waals surface area contributed by atoms with Crippen LogP contribution in [0.1, 0.15) is 39.5 Å². The van der Waals surface area contributed by atoms with E-state index in [-0.39, 0.29) is 0 Å². The fraction of sp³-hybridized carbons (Fsp3) is 0.833. The minimum Gasteiger partial charge on any atom is -0.245 e. The third kappa shape index (κ3) is 3.43. The summed E-state index contributed by atoms with van der Waals surface area (Å²) in [4.78, 5) is 0. The highest BCUT2D eigenvalue weighted by Gasteiger charge is 2.17. The van der Waals surface area contributed by atoms with E-state index >= 15 is 0 Å². The molecular weight excluding hydrogens is 172 g/mol. The van der Waals surface area contributed by atoms with Gasteiger partial charge in [-0.3, -0.25) is 0 Å². The minimum absolute atomic E-state index is 1.15. The van der Waals surface area contributed by atoms with Crippen molar-refractivity contribution in [3.05, 3.63) is 11.6 Å². The van der Waals surface area contributed by atoms with Crippen LogP contribution in [0.3, 0.4) is 0 Å². The first kappa shape index (κ1) is 11.7. The van der Waals surface area contributed by atoms with E-state index in [4.69, 9.17) is 0 Å². The van der Waals surface area contributed by atoms with Gasteiger partial charge in [0.25, 0.3) is 0 Å². The van der Waals surface area contributed by atoms with E-state index in [1.165, 1.54) is 38.8 Å². The van der Waals surface area contributed by atoms with E-state index in [2.05, 4.69) is 37.0 Å². The van der Waals surface area contributed by atoms with Crippen LogP contribution in [0, 0.1) is 0 Å². The molecule has 2 nitrogen and oxygen atoms in total. The second-order valence-electron chi connectivity index (χ2n) is 4.13. The van der Waals surface area contributed by atoms with E-state index in [0.29, 0.717) is 0 Å². The zero-order valence-corrected chi connectivity index (χ0v) is 9.92. The summed E-state index contributed by atoms with van der Waals surface area (Å²) in [6.07, 6.45) is 7.44. The lowest BCUT2D eigenvalue weighted by Gasteiger charge is -2.24. The molecule has 0 aromatic rings. The summed E-state index contributed by atoms with van der Waals surface area (Å²) in [6, 6.07) is 0. The van der Waals surface area contributed by atoms with Gasteiger partial charge < -0.3 is 0 Å². The van der Waals surface area contributed by atoms with Crippen molar-refractivity contribution in [3.63, 3.8) is 0 Å². The fourth-order valence-electron chi connectivity index (χ4n) is 1.90. The lowest BCUT2D eigenvalue weighted by molar-refractivity contribution is 0.0666. The summed E-state index contributed by atoms with van der Waals surface area (Å²) < 4.78 is 0. The maximum absolute atomic E-state index is 2.46. The average molecular weight is 196 g/mol. The molecule has 0 radical (unpaired) electrons. The van der Waals surface area contributed by atoms with Crippen LogP contribution in [0.25, 0.3) is 0 Å². The molecule has 2 heteroatoms. The maximum atomic E-state index is 2.46. The van der Waals surface area contributed by atoms with Gasteiger partial charge in [0.15, 0.2) is 0 Å². The van der Waals surface area contributed by atoms with Gasteiger partial charge in [0, 0.05) is 26.7 Å². The monoisotopic (exact) mass is 196 g/mol. The van der Waals surface area contributed by atoms with Crippen molar-refractivity contribution in [2.45, 2.75) is 39.5 Å². The second-order valence-corrected chi connectivity index (χ2v) is 4.13. The Bertz CT molecular complexity index is 187. The zero-order chi connectivity index (χ0) is 10.4. The Morgan fingerprint density at radius 1 is 1.29 bits per heavy atom.